The lowest BCUT2D eigenvalue weighted by atomic mass is 10.2. The Morgan fingerprint density at radius 3 is 2.65 bits per heavy atom. The average molecular weight is 257 g/mol. The van der Waals surface area contributed by atoms with Crippen LogP contribution in [0.4, 0.5) is 10.5 Å². The highest BCUT2D eigenvalue weighted by molar-refractivity contribution is 6.31. The molecule has 0 saturated carbocycles. The minimum atomic E-state index is -1.09. The number of amides is 2. The van der Waals surface area contributed by atoms with E-state index in [0.29, 0.717) is 10.7 Å². The van der Waals surface area contributed by atoms with Gasteiger partial charge in [0.1, 0.15) is 6.04 Å². The number of carbonyl (C=O) groups is 2. The van der Waals surface area contributed by atoms with E-state index in [1.54, 1.807) is 18.2 Å². The second-order valence-electron chi connectivity index (χ2n) is 3.62. The molecule has 17 heavy (non-hydrogen) atoms. The van der Waals surface area contributed by atoms with Crippen LogP contribution in [0.5, 0.6) is 0 Å². The van der Waals surface area contributed by atoms with Gasteiger partial charge in [-0.1, -0.05) is 17.7 Å². The average Bonchev–Trinajstić information content (AvgIpc) is 2.23. The molecule has 0 saturated heterocycles. The Kier molecular flexibility index (Phi) is 4.34. The summed E-state index contributed by atoms with van der Waals surface area (Å²) in [5.41, 5.74) is 1.39. The van der Waals surface area contributed by atoms with E-state index in [-0.39, 0.29) is 0 Å². The van der Waals surface area contributed by atoms with Crippen LogP contribution in [0.3, 0.4) is 0 Å². The molecule has 5 nitrogen and oxygen atoms in total. The number of anilines is 1. The molecule has 1 atom stereocenters. The van der Waals surface area contributed by atoms with Gasteiger partial charge in [0.15, 0.2) is 0 Å². The first kappa shape index (κ1) is 13.3. The number of carbonyl (C=O) groups excluding carboxylic acids is 1. The topological polar surface area (TPSA) is 78.4 Å². The first-order valence-corrected chi connectivity index (χ1v) is 5.34. The van der Waals surface area contributed by atoms with E-state index in [1.165, 1.54) is 6.92 Å². The van der Waals surface area contributed by atoms with Gasteiger partial charge in [0.05, 0.1) is 0 Å². The molecule has 0 bridgehead atoms. The van der Waals surface area contributed by atoms with E-state index in [1.807, 2.05) is 6.92 Å². The van der Waals surface area contributed by atoms with Crippen LogP contribution in [0.25, 0.3) is 0 Å². The number of rotatable bonds is 3. The fourth-order valence-electron chi connectivity index (χ4n) is 1.15. The van der Waals surface area contributed by atoms with Gasteiger partial charge in [-0.2, -0.15) is 0 Å². The Hall–Kier alpha value is -1.75. The van der Waals surface area contributed by atoms with Crippen molar-refractivity contribution >= 4 is 29.3 Å². The molecule has 0 fully saturated rings. The van der Waals surface area contributed by atoms with Crippen molar-refractivity contribution in [3.63, 3.8) is 0 Å². The minimum absolute atomic E-state index is 0.497. The predicted octanol–water partition coefficient (Wildman–Crippen LogP) is 2.24. The maximum atomic E-state index is 11.5. The van der Waals surface area contributed by atoms with Crippen molar-refractivity contribution < 1.29 is 14.7 Å². The van der Waals surface area contributed by atoms with E-state index in [4.69, 9.17) is 16.7 Å². The Morgan fingerprint density at radius 2 is 2.06 bits per heavy atom. The lowest BCUT2D eigenvalue weighted by molar-refractivity contribution is -0.138. The van der Waals surface area contributed by atoms with Crippen molar-refractivity contribution in [2.45, 2.75) is 19.9 Å². The molecule has 1 aromatic carbocycles. The molecule has 0 spiro atoms. The monoisotopic (exact) mass is 256 g/mol. The van der Waals surface area contributed by atoms with Gasteiger partial charge >= 0.3 is 12.0 Å². The van der Waals surface area contributed by atoms with E-state index >= 15 is 0 Å². The first-order valence-electron chi connectivity index (χ1n) is 4.96. The molecule has 1 aromatic rings. The number of benzene rings is 1. The molecular weight excluding hydrogens is 244 g/mol. The summed E-state index contributed by atoms with van der Waals surface area (Å²) in [7, 11) is 0. The van der Waals surface area contributed by atoms with Crippen molar-refractivity contribution in [3.05, 3.63) is 28.8 Å². The number of aliphatic carboxylic acids is 1. The molecule has 0 aromatic heterocycles. The SMILES string of the molecule is Cc1ccc(Cl)cc1NC(=O)N[C@H](C)C(=O)O. The highest BCUT2D eigenvalue weighted by Crippen LogP contribution is 2.19. The molecule has 1 rings (SSSR count). The summed E-state index contributed by atoms with van der Waals surface area (Å²) in [4.78, 5) is 22.0. The highest BCUT2D eigenvalue weighted by atomic mass is 35.5. The van der Waals surface area contributed by atoms with Crippen LogP contribution in [-0.2, 0) is 4.79 Å². The normalized spacial score (nSPS) is 11.7. The second kappa shape index (κ2) is 5.54. The molecule has 3 N–H and O–H groups in total. The molecule has 2 amide bonds. The van der Waals surface area contributed by atoms with Crippen molar-refractivity contribution in [1.82, 2.24) is 5.32 Å². The summed E-state index contributed by atoms with van der Waals surface area (Å²) in [6, 6.07) is 3.54. The quantitative estimate of drug-likeness (QED) is 0.776. The number of halogens is 1. The van der Waals surface area contributed by atoms with Crippen molar-refractivity contribution in [1.29, 1.82) is 0 Å². The van der Waals surface area contributed by atoms with Crippen LogP contribution >= 0.6 is 11.6 Å². The number of carboxylic acids is 1. The summed E-state index contributed by atoms with van der Waals surface area (Å²) < 4.78 is 0. The lowest BCUT2D eigenvalue weighted by Crippen LogP contribution is -2.40. The molecule has 92 valence electrons. The van der Waals surface area contributed by atoms with Crippen LogP contribution in [0, 0.1) is 6.92 Å². The zero-order chi connectivity index (χ0) is 13.0. The van der Waals surface area contributed by atoms with E-state index < -0.39 is 18.0 Å². The molecule has 0 radical (unpaired) electrons. The van der Waals surface area contributed by atoms with Crippen molar-refractivity contribution in [3.8, 4) is 0 Å². The smallest absolute Gasteiger partial charge is 0.325 e. The number of aryl methyl sites for hydroxylation is 1. The largest absolute Gasteiger partial charge is 0.480 e. The third-order valence-electron chi connectivity index (χ3n) is 2.17. The molecule has 0 unspecified atom stereocenters. The summed E-state index contributed by atoms with van der Waals surface area (Å²) in [5, 5.41) is 14.0. The highest BCUT2D eigenvalue weighted by Gasteiger charge is 2.14. The number of nitrogens with one attached hydrogen (secondary N) is 2. The van der Waals surface area contributed by atoms with Crippen LogP contribution in [0.1, 0.15) is 12.5 Å². The number of carboxylic acid groups (broad SMARTS) is 1. The van der Waals surface area contributed by atoms with Crippen LogP contribution in [0.2, 0.25) is 5.02 Å². The molecule has 0 aliphatic rings. The van der Waals surface area contributed by atoms with Gasteiger partial charge in [-0.3, -0.25) is 4.79 Å². The van der Waals surface area contributed by atoms with E-state index in [9.17, 15) is 9.59 Å². The summed E-state index contributed by atoms with van der Waals surface area (Å²) in [5.74, 6) is -1.09. The molecule has 0 aliphatic heterocycles. The lowest BCUT2D eigenvalue weighted by Gasteiger charge is -2.12. The molecular formula is C11H13ClN2O3. The first-order chi connectivity index (χ1) is 7.90. The van der Waals surface area contributed by atoms with Crippen molar-refractivity contribution in [2.75, 3.05) is 5.32 Å². The molecule has 0 aliphatic carbocycles. The van der Waals surface area contributed by atoms with Gasteiger partial charge in [0, 0.05) is 10.7 Å². The molecule has 0 heterocycles. The number of hydrogen-bond donors (Lipinski definition) is 3. The van der Waals surface area contributed by atoms with Gasteiger partial charge in [-0.25, -0.2) is 4.79 Å². The maximum Gasteiger partial charge on any atom is 0.325 e. The molecule has 6 heteroatoms. The number of hydrogen-bond acceptors (Lipinski definition) is 2. The van der Waals surface area contributed by atoms with Crippen molar-refractivity contribution in [2.24, 2.45) is 0 Å². The Labute approximate surface area is 104 Å². The standard InChI is InChI=1S/C11H13ClN2O3/c1-6-3-4-8(12)5-9(6)14-11(17)13-7(2)10(15)16/h3-5,7H,1-2H3,(H,15,16)(H2,13,14,17)/t7-/m1/s1. The Balaban J connectivity index is 2.68. The third kappa shape index (κ3) is 3.96. The summed E-state index contributed by atoms with van der Waals surface area (Å²) >= 11 is 5.79. The summed E-state index contributed by atoms with van der Waals surface area (Å²) in [6.07, 6.45) is 0. The van der Waals surface area contributed by atoms with Gasteiger partial charge in [-0.15, -0.1) is 0 Å². The Morgan fingerprint density at radius 1 is 1.41 bits per heavy atom. The van der Waals surface area contributed by atoms with Gasteiger partial charge < -0.3 is 15.7 Å². The Bertz CT molecular complexity index is 448. The van der Waals surface area contributed by atoms with Crippen LogP contribution < -0.4 is 10.6 Å². The second-order valence-corrected chi connectivity index (χ2v) is 4.05. The zero-order valence-corrected chi connectivity index (χ0v) is 10.2. The van der Waals surface area contributed by atoms with Crippen LogP contribution in [-0.4, -0.2) is 23.1 Å². The third-order valence-corrected chi connectivity index (χ3v) is 2.40. The van der Waals surface area contributed by atoms with Crippen LogP contribution in [0.15, 0.2) is 18.2 Å². The van der Waals surface area contributed by atoms with Gasteiger partial charge in [-0.05, 0) is 31.5 Å². The van der Waals surface area contributed by atoms with Gasteiger partial charge in [0.2, 0.25) is 0 Å². The zero-order valence-electron chi connectivity index (χ0n) is 9.45. The number of urea groups is 1. The van der Waals surface area contributed by atoms with E-state index in [2.05, 4.69) is 10.6 Å². The fraction of sp³-hybridized carbons (Fsp3) is 0.273. The fourth-order valence-corrected chi connectivity index (χ4v) is 1.32. The summed E-state index contributed by atoms with van der Waals surface area (Å²) in [6.45, 7) is 3.19. The maximum absolute atomic E-state index is 11.5. The van der Waals surface area contributed by atoms with Gasteiger partial charge in [0.25, 0.3) is 0 Å². The minimum Gasteiger partial charge on any atom is -0.480 e. The van der Waals surface area contributed by atoms with E-state index in [0.717, 1.165) is 5.56 Å². The predicted molar refractivity (Wildman–Crippen MR) is 65.4 cm³/mol.